The molecular weight excluding hydrogens is 418 g/mol. The van der Waals surface area contributed by atoms with E-state index < -0.39 is 0 Å². The molecule has 1 aliphatic heterocycles. The lowest BCUT2D eigenvalue weighted by Crippen LogP contribution is -2.38. The Bertz CT molecular complexity index is 1140. The van der Waals surface area contributed by atoms with Gasteiger partial charge in [-0.25, -0.2) is 4.68 Å². The molecule has 0 saturated heterocycles. The Labute approximate surface area is 204 Å². The lowest BCUT2D eigenvalue weighted by atomic mass is 9.71. The van der Waals surface area contributed by atoms with Crippen LogP contribution in [0.15, 0.2) is 54.6 Å². The number of ketones is 1. The van der Waals surface area contributed by atoms with Crippen molar-refractivity contribution in [3.8, 4) is 0 Å². The molecule has 0 amide bonds. The maximum atomic E-state index is 14.0. The van der Waals surface area contributed by atoms with Gasteiger partial charge >= 0.3 is 0 Å². The number of aryl methyl sites for hydroxylation is 2. The van der Waals surface area contributed by atoms with Crippen molar-refractivity contribution in [2.75, 3.05) is 5.32 Å². The monoisotopic (exact) mass is 457 g/mol. The number of benzene rings is 2. The molecule has 0 radical (unpaired) electrons. The highest BCUT2D eigenvalue weighted by atomic mass is 16.1. The molecule has 4 rings (SSSR count). The Morgan fingerprint density at radius 1 is 1.06 bits per heavy atom. The van der Waals surface area contributed by atoms with E-state index in [1.807, 2.05) is 17.7 Å². The number of nitrogens with one attached hydrogen (secondary N) is 1. The molecule has 1 N–H and O–H groups in total. The van der Waals surface area contributed by atoms with Gasteiger partial charge in [-0.15, -0.1) is 0 Å². The topological polar surface area (TPSA) is 46.9 Å². The first-order chi connectivity index (χ1) is 16.2. The Balaban J connectivity index is 1.71. The fourth-order valence-electron chi connectivity index (χ4n) is 5.62. The zero-order valence-corrected chi connectivity index (χ0v) is 21.6. The average Bonchev–Trinajstić information content (AvgIpc) is 3.20. The van der Waals surface area contributed by atoms with Gasteiger partial charge in [0.25, 0.3) is 0 Å². The number of hydrogen-bond acceptors (Lipinski definition) is 3. The van der Waals surface area contributed by atoms with Crippen molar-refractivity contribution >= 4 is 11.6 Å². The molecular formula is C30H39N3O. The minimum Gasteiger partial charge on any atom is -0.363 e. The zero-order valence-electron chi connectivity index (χ0n) is 21.6. The van der Waals surface area contributed by atoms with Gasteiger partial charge in [0.2, 0.25) is 0 Å². The number of Topliss-reactive ketones (excluding diaryl/α,β-unsaturated/α-hetero) is 1. The first kappa shape index (κ1) is 24.3. The molecule has 0 spiro atoms. The van der Waals surface area contributed by atoms with Crippen LogP contribution in [0, 0.1) is 6.92 Å². The molecule has 34 heavy (non-hydrogen) atoms. The normalized spacial score (nSPS) is 17.2. The van der Waals surface area contributed by atoms with Crippen LogP contribution in [0.3, 0.4) is 0 Å². The molecule has 1 aromatic heterocycles. The molecule has 0 bridgehead atoms. The molecule has 0 fully saturated rings. The summed E-state index contributed by atoms with van der Waals surface area (Å²) in [5, 5.41) is 8.56. The van der Waals surface area contributed by atoms with E-state index in [4.69, 9.17) is 5.10 Å². The summed E-state index contributed by atoms with van der Waals surface area (Å²) < 4.78 is 2.05. The van der Waals surface area contributed by atoms with Crippen LogP contribution in [0.25, 0.3) is 0 Å². The van der Waals surface area contributed by atoms with Crippen LogP contribution >= 0.6 is 0 Å². The molecule has 1 aliphatic rings. The summed E-state index contributed by atoms with van der Waals surface area (Å²) in [5.41, 5.74) is 5.04. The highest BCUT2D eigenvalue weighted by molar-refractivity contribution is 6.02. The van der Waals surface area contributed by atoms with Gasteiger partial charge in [-0.3, -0.25) is 4.79 Å². The number of anilines is 1. The molecule has 1 atom stereocenters. The molecule has 2 heterocycles. The summed E-state index contributed by atoms with van der Waals surface area (Å²) in [6.07, 6.45) is 4.28. The summed E-state index contributed by atoms with van der Waals surface area (Å²) in [7, 11) is 0. The fraction of sp³-hybridized carbons (Fsp3) is 0.467. The first-order valence-electron chi connectivity index (χ1n) is 12.8. The molecule has 4 heteroatoms. The highest BCUT2D eigenvalue weighted by Gasteiger charge is 2.39. The Morgan fingerprint density at radius 3 is 2.29 bits per heavy atom. The number of carbonyl (C=O) groups excluding carboxylic acids is 1. The molecule has 180 valence electrons. The largest absolute Gasteiger partial charge is 0.363 e. The van der Waals surface area contributed by atoms with Crippen LogP contribution in [-0.4, -0.2) is 15.6 Å². The average molecular weight is 458 g/mol. The molecule has 3 aromatic rings. The van der Waals surface area contributed by atoms with E-state index in [9.17, 15) is 4.79 Å². The van der Waals surface area contributed by atoms with E-state index in [1.165, 1.54) is 16.7 Å². The van der Waals surface area contributed by atoms with Gasteiger partial charge in [-0.1, -0.05) is 75.4 Å². The third-order valence-electron chi connectivity index (χ3n) is 7.96. The van der Waals surface area contributed by atoms with Gasteiger partial charge in [0, 0.05) is 11.8 Å². The lowest BCUT2D eigenvalue weighted by molar-refractivity contribution is 0.0944. The van der Waals surface area contributed by atoms with Gasteiger partial charge in [-0.2, -0.15) is 5.10 Å². The number of rotatable bonds is 8. The van der Waals surface area contributed by atoms with Gasteiger partial charge < -0.3 is 5.32 Å². The maximum absolute atomic E-state index is 14.0. The van der Waals surface area contributed by atoms with E-state index in [2.05, 4.69) is 88.5 Å². The van der Waals surface area contributed by atoms with Crippen molar-refractivity contribution in [2.45, 2.75) is 90.6 Å². The second-order valence-electron chi connectivity index (χ2n) is 10.5. The van der Waals surface area contributed by atoms with E-state index >= 15 is 0 Å². The third-order valence-corrected chi connectivity index (χ3v) is 7.96. The van der Waals surface area contributed by atoms with Gasteiger partial charge in [0.1, 0.15) is 5.82 Å². The van der Waals surface area contributed by atoms with Gasteiger partial charge in [0.05, 0.1) is 22.8 Å². The molecule has 2 aromatic carbocycles. The number of hydrogen-bond donors (Lipinski definition) is 1. The third kappa shape index (κ3) is 4.31. The van der Waals surface area contributed by atoms with Crippen LogP contribution in [0.1, 0.15) is 99.1 Å². The molecule has 0 aliphatic carbocycles. The second kappa shape index (κ2) is 9.40. The molecule has 0 saturated carbocycles. The van der Waals surface area contributed by atoms with Crippen LogP contribution < -0.4 is 5.32 Å². The van der Waals surface area contributed by atoms with Crippen molar-refractivity contribution in [1.82, 2.24) is 9.78 Å². The van der Waals surface area contributed by atoms with Crippen molar-refractivity contribution in [1.29, 1.82) is 0 Å². The van der Waals surface area contributed by atoms with Crippen molar-refractivity contribution in [2.24, 2.45) is 0 Å². The number of fused-ring (bicyclic) bond motifs is 1. The van der Waals surface area contributed by atoms with Crippen molar-refractivity contribution in [3.05, 3.63) is 82.5 Å². The zero-order chi connectivity index (χ0) is 24.5. The van der Waals surface area contributed by atoms with Gasteiger partial charge in [-0.05, 0) is 63.1 Å². The second-order valence-corrected chi connectivity index (χ2v) is 10.5. The Hall–Kier alpha value is -2.88. The number of aromatic nitrogens is 2. The summed E-state index contributed by atoms with van der Waals surface area (Å²) >= 11 is 0. The quantitative estimate of drug-likeness (QED) is 0.359. The highest BCUT2D eigenvalue weighted by Crippen LogP contribution is 2.43. The lowest BCUT2D eigenvalue weighted by Gasteiger charge is -2.38. The SMILES string of the molecule is CCc1ccc(C(CC)(CC)CC(=O)c2c(C)nn3c2NC(c2ccccc2)CC3(C)C)cc1. The molecule has 1 unspecified atom stereocenters. The Kier molecular flexibility index (Phi) is 6.71. The minimum absolute atomic E-state index is 0.148. The van der Waals surface area contributed by atoms with E-state index in [-0.39, 0.29) is 22.8 Å². The maximum Gasteiger partial charge on any atom is 0.169 e. The predicted molar refractivity (Wildman–Crippen MR) is 141 cm³/mol. The predicted octanol–water partition coefficient (Wildman–Crippen LogP) is 7.38. The van der Waals surface area contributed by atoms with Crippen molar-refractivity contribution in [3.63, 3.8) is 0 Å². The van der Waals surface area contributed by atoms with E-state index in [0.29, 0.717) is 6.42 Å². The summed E-state index contributed by atoms with van der Waals surface area (Å²) in [4.78, 5) is 14.0. The first-order valence-corrected chi connectivity index (χ1v) is 12.8. The van der Waals surface area contributed by atoms with Crippen LogP contribution in [0.4, 0.5) is 5.82 Å². The Morgan fingerprint density at radius 2 is 1.71 bits per heavy atom. The summed E-state index contributed by atoms with van der Waals surface area (Å²) in [5.74, 6) is 1.05. The summed E-state index contributed by atoms with van der Waals surface area (Å²) in [6.45, 7) is 13.0. The minimum atomic E-state index is -0.188. The van der Waals surface area contributed by atoms with Gasteiger partial charge in [0.15, 0.2) is 5.78 Å². The van der Waals surface area contributed by atoms with Crippen molar-refractivity contribution < 1.29 is 4.79 Å². The van der Waals surface area contributed by atoms with E-state index in [0.717, 1.165) is 42.8 Å². The van der Waals surface area contributed by atoms with Crippen LogP contribution in [0.2, 0.25) is 0 Å². The van der Waals surface area contributed by atoms with Crippen LogP contribution in [0.5, 0.6) is 0 Å². The molecule has 4 nitrogen and oxygen atoms in total. The fourth-order valence-corrected chi connectivity index (χ4v) is 5.62. The number of carbonyl (C=O) groups is 1. The standard InChI is InChI=1S/C30H39N3O/c1-7-22-15-17-24(18-16-22)30(8-2,9-3)20-26(34)27-21(4)32-33-28(27)31-25(19-29(33,5)6)23-13-11-10-12-14-23/h10-18,25,31H,7-9,19-20H2,1-6H3. The van der Waals surface area contributed by atoms with Crippen LogP contribution in [-0.2, 0) is 17.4 Å². The number of nitrogens with zero attached hydrogens (tertiary/aromatic N) is 2. The van der Waals surface area contributed by atoms with E-state index in [1.54, 1.807) is 0 Å². The summed E-state index contributed by atoms with van der Waals surface area (Å²) in [6, 6.07) is 19.5. The smallest absolute Gasteiger partial charge is 0.169 e.